The van der Waals surface area contributed by atoms with Crippen molar-refractivity contribution in [2.75, 3.05) is 46.1 Å². The number of nitrogens with one attached hydrogen (secondary N) is 1. The van der Waals surface area contributed by atoms with E-state index in [1.54, 1.807) is 26.0 Å². The molecule has 2 aromatic carbocycles. The minimum atomic E-state index is -1.23. The molecule has 200 valence electrons. The van der Waals surface area contributed by atoms with Gasteiger partial charge in [0, 0.05) is 32.2 Å². The highest BCUT2D eigenvalue weighted by molar-refractivity contribution is 6.06. The topological polar surface area (TPSA) is 101 Å². The molecule has 0 unspecified atom stereocenters. The molecule has 0 bridgehead atoms. The van der Waals surface area contributed by atoms with Crippen molar-refractivity contribution in [2.24, 2.45) is 0 Å². The highest BCUT2D eigenvalue weighted by atomic mass is 19.1. The Morgan fingerprint density at radius 3 is 2.59 bits per heavy atom. The molecule has 4 rings (SSSR count). The number of ether oxygens (including phenoxy) is 3. The molecule has 0 aromatic heterocycles. The normalized spacial score (nSPS) is 22.0. The summed E-state index contributed by atoms with van der Waals surface area (Å²) < 4.78 is 30.5. The van der Waals surface area contributed by atoms with Crippen molar-refractivity contribution < 1.29 is 33.3 Å². The average molecular weight is 516 g/mol. The first kappa shape index (κ1) is 26.8. The van der Waals surface area contributed by atoms with Gasteiger partial charge in [-0.05, 0) is 50.1 Å². The number of carbonyl (C=O) groups is 2. The summed E-state index contributed by atoms with van der Waals surface area (Å²) >= 11 is 0. The van der Waals surface area contributed by atoms with Crippen LogP contribution >= 0.6 is 0 Å². The molecule has 0 saturated carbocycles. The van der Waals surface area contributed by atoms with Gasteiger partial charge in [-0.1, -0.05) is 18.2 Å². The zero-order chi connectivity index (χ0) is 26.5. The summed E-state index contributed by atoms with van der Waals surface area (Å²) in [6, 6.07) is 13.1. The number of amides is 3. The molecule has 2 saturated heterocycles. The minimum absolute atomic E-state index is 0.0120. The number of rotatable bonds is 10. The highest BCUT2D eigenvalue weighted by Crippen LogP contribution is 2.21. The molecule has 37 heavy (non-hydrogen) atoms. The SMILES string of the molecule is CC1(C)NC(=O)N(CCCOc2ccc(CN3CCOC[C@](O)(COc4cccc(F)c4)C3)cc2)C1=O. The molecule has 1 atom stereocenters. The van der Waals surface area contributed by atoms with Gasteiger partial charge in [0.15, 0.2) is 0 Å². The molecule has 3 amide bonds. The van der Waals surface area contributed by atoms with E-state index in [9.17, 15) is 19.1 Å². The molecule has 0 aliphatic carbocycles. The van der Waals surface area contributed by atoms with Gasteiger partial charge >= 0.3 is 6.03 Å². The maximum absolute atomic E-state index is 13.4. The van der Waals surface area contributed by atoms with Crippen LogP contribution in [0.25, 0.3) is 0 Å². The number of benzene rings is 2. The van der Waals surface area contributed by atoms with Crippen molar-refractivity contribution in [1.29, 1.82) is 0 Å². The Bertz CT molecular complexity index is 1100. The zero-order valence-corrected chi connectivity index (χ0v) is 21.2. The number of imide groups is 1. The largest absolute Gasteiger partial charge is 0.494 e. The maximum atomic E-state index is 13.4. The van der Waals surface area contributed by atoms with Crippen molar-refractivity contribution >= 4 is 11.9 Å². The lowest BCUT2D eigenvalue weighted by atomic mass is 10.1. The van der Waals surface area contributed by atoms with Gasteiger partial charge in [-0.2, -0.15) is 0 Å². The van der Waals surface area contributed by atoms with Crippen LogP contribution in [0.3, 0.4) is 0 Å². The van der Waals surface area contributed by atoms with Crippen LogP contribution < -0.4 is 14.8 Å². The van der Waals surface area contributed by atoms with Gasteiger partial charge in [-0.25, -0.2) is 9.18 Å². The molecule has 2 aliphatic heterocycles. The van der Waals surface area contributed by atoms with Crippen molar-refractivity contribution in [3.63, 3.8) is 0 Å². The number of nitrogens with zero attached hydrogens (tertiary/aromatic N) is 2. The number of hydrogen-bond donors (Lipinski definition) is 2. The molecule has 2 aromatic rings. The third-order valence-electron chi connectivity index (χ3n) is 6.31. The first-order chi connectivity index (χ1) is 17.6. The van der Waals surface area contributed by atoms with Crippen LogP contribution in [0.2, 0.25) is 0 Å². The van der Waals surface area contributed by atoms with E-state index in [2.05, 4.69) is 10.2 Å². The molecule has 0 radical (unpaired) electrons. The van der Waals surface area contributed by atoms with Gasteiger partial charge in [0.05, 0.1) is 19.8 Å². The Morgan fingerprint density at radius 1 is 1.11 bits per heavy atom. The van der Waals surface area contributed by atoms with Gasteiger partial charge < -0.3 is 24.6 Å². The number of halogens is 1. The van der Waals surface area contributed by atoms with E-state index in [1.807, 2.05) is 24.3 Å². The molecule has 2 heterocycles. The Morgan fingerprint density at radius 2 is 1.89 bits per heavy atom. The number of aliphatic hydroxyl groups is 1. The Balaban J connectivity index is 1.23. The van der Waals surface area contributed by atoms with Gasteiger partial charge in [-0.15, -0.1) is 0 Å². The molecule has 9 nitrogen and oxygen atoms in total. The molecule has 2 aliphatic rings. The molecular weight excluding hydrogens is 481 g/mol. The second kappa shape index (κ2) is 11.5. The van der Waals surface area contributed by atoms with E-state index in [-0.39, 0.29) is 25.2 Å². The fourth-order valence-corrected chi connectivity index (χ4v) is 4.38. The zero-order valence-electron chi connectivity index (χ0n) is 21.2. The van der Waals surface area contributed by atoms with Gasteiger partial charge in [0.2, 0.25) is 0 Å². The predicted molar refractivity (Wildman–Crippen MR) is 134 cm³/mol. The summed E-state index contributed by atoms with van der Waals surface area (Å²) in [5, 5.41) is 13.7. The lowest BCUT2D eigenvalue weighted by molar-refractivity contribution is -0.130. The van der Waals surface area contributed by atoms with Crippen molar-refractivity contribution in [3.05, 3.63) is 59.9 Å². The van der Waals surface area contributed by atoms with E-state index in [4.69, 9.17) is 14.2 Å². The number of β-amino-alcohol motifs (C(OH)–C–C–N with tert-alkyl or cyclic N) is 1. The predicted octanol–water partition coefficient (Wildman–Crippen LogP) is 2.57. The summed E-state index contributed by atoms with van der Waals surface area (Å²) in [5.74, 6) is 0.432. The number of urea groups is 1. The number of carbonyl (C=O) groups excluding carboxylic acids is 2. The summed E-state index contributed by atoms with van der Waals surface area (Å²) in [6.45, 7) is 6.26. The molecule has 2 fully saturated rings. The van der Waals surface area contributed by atoms with Gasteiger partial charge in [-0.3, -0.25) is 14.6 Å². The standard InChI is InChI=1S/C27H34FN3O6/c1-26(2)24(32)31(25(33)29-26)11-4-13-36-22-9-7-20(8-10-22)16-30-12-14-35-18-27(34,17-30)19-37-23-6-3-5-21(28)15-23/h3,5-10,15,34H,4,11-14,16-19H2,1-2H3,(H,29,33)/t27-/m0/s1. The molecule has 2 N–H and O–H groups in total. The molecule has 0 spiro atoms. The van der Waals surface area contributed by atoms with Gasteiger partial charge in [0.1, 0.15) is 35.1 Å². The summed E-state index contributed by atoms with van der Waals surface area (Å²) in [4.78, 5) is 27.5. The van der Waals surface area contributed by atoms with Crippen molar-refractivity contribution in [2.45, 2.75) is 38.0 Å². The van der Waals surface area contributed by atoms with Crippen LogP contribution in [-0.2, 0) is 16.1 Å². The second-order valence-electron chi connectivity index (χ2n) is 10.1. The fourth-order valence-electron chi connectivity index (χ4n) is 4.38. The lowest BCUT2D eigenvalue weighted by Crippen LogP contribution is -2.48. The van der Waals surface area contributed by atoms with Crippen molar-refractivity contribution in [1.82, 2.24) is 15.1 Å². The third kappa shape index (κ3) is 7.18. The van der Waals surface area contributed by atoms with E-state index in [1.165, 1.54) is 17.0 Å². The van der Waals surface area contributed by atoms with Crippen LogP contribution in [-0.4, -0.2) is 84.0 Å². The first-order valence-electron chi connectivity index (χ1n) is 12.4. The Hall–Kier alpha value is -3.21. The fraction of sp³-hybridized carbons (Fsp3) is 0.481. The van der Waals surface area contributed by atoms with E-state index < -0.39 is 17.0 Å². The highest BCUT2D eigenvalue weighted by Gasteiger charge is 2.43. The van der Waals surface area contributed by atoms with E-state index in [0.717, 1.165) is 5.56 Å². The molecule has 10 heteroatoms. The second-order valence-corrected chi connectivity index (χ2v) is 10.1. The Labute approximate surface area is 216 Å². The monoisotopic (exact) mass is 515 g/mol. The lowest BCUT2D eigenvalue weighted by Gasteiger charge is -2.30. The number of hydrogen-bond acceptors (Lipinski definition) is 7. The van der Waals surface area contributed by atoms with Crippen LogP contribution in [0.5, 0.6) is 11.5 Å². The summed E-state index contributed by atoms with van der Waals surface area (Å²) in [6.07, 6.45) is 0.529. The van der Waals surface area contributed by atoms with Crippen LogP contribution in [0.15, 0.2) is 48.5 Å². The minimum Gasteiger partial charge on any atom is -0.494 e. The third-order valence-corrected chi connectivity index (χ3v) is 6.31. The smallest absolute Gasteiger partial charge is 0.325 e. The van der Waals surface area contributed by atoms with Gasteiger partial charge in [0.25, 0.3) is 5.91 Å². The van der Waals surface area contributed by atoms with Crippen LogP contribution in [0, 0.1) is 5.82 Å². The van der Waals surface area contributed by atoms with Crippen LogP contribution in [0.4, 0.5) is 9.18 Å². The molecular formula is C27H34FN3O6. The van der Waals surface area contributed by atoms with E-state index in [0.29, 0.717) is 57.3 Å². The van der Waals surface area contributed by atoms with Crippen LogP contribution in [0.1, 0.15) is 25.8 Å². The maximum Gasteiger partial charge on any atom is 0.325 e. The summed E-state index contributed by atoms with van der Waals surface area (Å²) in [7, 11) is 0. The first-order valence-corrected chi connectivity index (χ1v) is 12.4. The quantitative estimate of drug-likeness (QED) is 0.371. The summed E-state index contributed by atoms with van der Waals surface area (Å²) in [5.41, 5.74) is -1.05. The average Bonchev–Trinajstić information content (AvgIpc) is 2.96. The van der Waals surface area contributed by atoms with E-state index >= 15 is 0 Å². The Kier molecular flexibility index (Phi) is 8.31. The van der Waals surface area contributed by atoms with Crippen molar-refractivity contribution in [3.8, 4) is 11.5 Å².